The standard InChI is InChI=1S/C16H22ClN3O2/c1-11-4-5-12(10-14(11)17)18-15(21)16(22)20(3)13-6-8-19(2)9-7-13/h4-5,10,13H,6-9H2,1-3H3,(H,18,21). The molecule has 6 heteroatoms. The first-order valence-electron chi connectivity index (χ1n) is 7.41. The summed E-state index contributed by atoms with van der Waals surface area (Å²) in [5, 5.41) is 3.18. The van der Waals surface area contributed by atoms with Gasteiger partial charge in [0, 0.05) is 23.8 Å². The number of hydrogen-bond donors (Lipinski definition) is 1. The maximum Gasteiger partial charge on any atom is 0.313 e. The summed E-state index contributed by atoms with van der Waals surface area (Å²) in [4.78, 5) is 28.1. The van der Waals surface area contributed by atoms with Gasteiger partial charge in [-0.2, -0.15) is 0 Å². The Labute approximate surface area is 136 Å². The molecular weight excluding hydrogens is 302 g/mol. The lowest BCUT2D eigenvalue weighted by atomic mass is 10.0. The summed E-state index contributed by atoms with van der Waals surface area (Å²) < 4.78 is 0. The van der Waals surface area contributed by atoms with E-state index in [1.54, 1.807) is 24.1 Å². The van der Waals surface area contributed by atoms with Crippen molar-refractivity contribution in [3.05, 3.63) is 28.8 Å². The van der Waals surface area contributed by atoms with Crippen LogP contribution in [-0.2, 0) is 9.59 Å². The van der Waals surface area contributed by atoms with Gasteiger partial charge in [-0.25, -0.2) is 0 Å². The number of benzene rings is 1. The molecular formula is C16H22ClN3O2. The van der Waals surface area contributed by atoms with E-state index < -0.39 is 11.8 Å². The maximum atomic E-state index is 12.2. The van der Waals surface area contributed by atoms with Crippen molar-refractivity contribution in [2.75, 3.05) is 32.5 Å². The molecule has 2 rings (SSSR count). The SMILES string of the molecule is Cc1ccc(NC(=O)C(=O)N(C)C2CCN(C)CC2)cc1Cl. The number of amides is 2. The molecule has 1 heterocycles. The zero-order valence-corrected chi connectivity index (χ0v) is 14.0. The molecule has 1 N–H and O–H groups in total. The van der Waals surface area contributed by atoms with Gasteiger partial charge >= 0.3 is 11.8 Å². The van der Waals surface area contributed by atoms with E-state index in [1.807, 2.05) is 13.0 Å². The summed E-state index contributed by atoms with van der Waals surface area (Å²) >= 11 is 6.02. The summed E-state index contributed by atoms with van der Waals surface area (Å²) in [6.07, 6.45) is 1.78. The molecule has 1 aromatic carbocycles. The highest BCUT2D eigenvalue weighted by atomic mass is 35.5. The van der Waals surface area contributed by atoms with Crippen LogP contribution in [0.25, 0.3) is 0 Å². The van der Waals surface area contributed by atoms with Crippen molar-refractivity contribution >= 4 is 29.1 Å². The summed E-state index contributed by atoms with van der Waals surface area (Å²) in [6, 6.07) is 5.32. The van der Waals surface area contributed by atoms with Crippen LogP contribution in [0.4, 0.5) is 5.69 Å². The van der Waals surface area contributed by atoms with Gasteiger partial charge in [-0.15, -0.1) is 0 Å². The zero-order valence-electron chi connectivity index (χ0n) is 13.2. The van der Waals surface area contributed by atoms with Crippen LogP contribution < -0.4 is 5.32 Å². The van der Waals surface area contributed by atoms with E-state index in [4.69, 9.17) is 11.6 Å². The van der Waals surface area contributed by atoms with Crippen molar-refractivity contribution in [3.8, 4) is 0 Å². The van der Waals surface area contributed by atoms with Crippen molar-refractivity contribution in [1.29, 1.82) is 0 Å². The Morgan fingerprint density at radius 1 is 1.32 bits per heavy atom. The number of nitrogens with zero attached hydrogens (tertiary/aromatic N) is 2. The normalized spacial score (nSPS) is 16.4. The van der Waals surface area contributed by atoms with Crippen molar-refractivity contribution in [3.63, 3.8) is 0 Å². The van der Waals surface area contributed by atoms with Gasteiger partial charge in [0.15, 0.2) is 0 Å². The van der Waals surface area contributed by atoms with Crippen LogP contribution >= 0.6 is 11.6 Å². The van der Waals surface area contributed by atoms with Crippen LogP contribution in [0.2, 0.25) is 5.02 Å². The Morgan fingerprint density at radius 3 is 2.55 bits per heavy atom. The van der Waals surface area contributed by atoms with Gasteiger partial charge in [0.2, 0.25) is 0 Å². The Bertz CT molecular complexity index is 569. The highest BCUT2D eigenvalue weighted by Gasteiger charge is 2.27. The van der Waals surface area contributed by atoms with Gasteiger partial charge in [-0.05, 0) is 57.6 Å². The van der Waals surface area contributed by atoms with E-state index >= 15 is 0 Å². The minimum absolute atomic E-state index is 0.121. The molecule has 2 amide bonds. The monoisotopic (exact) mass is 323 g/mol. The molecule has 1 aromatic rings. The van der Waals surface area contributed by atoms with E-state index in [0.29, 0.717) is 10.7 Å². The van der Waals surface area contributed by atoms with E-state index in [0.717, 1.165) is 31.5 Å². The molecule has 1 saturated heterocycles. The van der Waals surface area contributed by atoms with Gasteiger partial charge in [-0.1, -0.05) is 17.7 Å². The van der Waals surface area contributed by atoms with Crippen LogP contribution in [0.1, 0.15) is 18.4 Å². The Morgan fingerprint density at radius 2 is 1.95 bits per heavy atom. The fraction of sp³-hybridized carbons (Fsp3) is 0.500. The second-order valence-electron chi connectivity index (χ2n) is 5.87. The number of carbonyl (C=O) groups is 2. The molecule has 1 aliphatic rings. The Balaban J connectivity index is 1.96. The molecule has 1 fully saturated rings. The quantitative estimate of drug-likeness (QED) is 0.848. The fourth-order valence-electron chi connectivity index (χ4n) is 2.56. The average molecular weight is 324 g/mol. The van der Waals surface area contributed by atoms with E-state index in [1.165, 1.54) is 0 Å². The Kier molecular flexibility index (Phi) is 5.42. The van der Waals surface area contributed by atoms with Crippen LogP contribution in [0.3, 0.4) is 0 Å². The second kappa shape index (κ2) is 7.11. The number of likely N-dealkylation sites (N-methyl/N-ethyl adjacent to an activating group) is 1. The fourth-order valence-corrected chi connectivity index (χ4v) is 2.74. The number of piperidine rings is 1. The number of aryl methyl sites for hydroxylation is 1. The van der Waals surface area contributed by atoms with E-state index in [2.05, 4.69) is 17.3 Å². The molecule has 0 aromatic heterocycles. The molecule has 120 valence electrons. The largest absolute Gasteiger partial charge is 0.334 e. The lowest BCUT2D eigenvalue weighted by molar-refractivity contribution is -0.144. The molecule has 5 nitrogen and oxygen atoms in total. The number of rotatable bonds is 2. The van der Waals surface area contributed by atoms with Crippen LogP contribution in [0.5, 0.6) is 0 Å². The molecule has 0 atom stereocenters. The van der Waals surface area contributed by atoms with Gasteiger partial charge in [0.05, 0.1) is 0 Å². The summed E-state index contributed by atoms with van der Waals surface area (Å²) in [5.41, 5.74) is 1.46. The first kappa shape index (κ1) is 16.8. The van der Waals surface area contributed by atoms with E-state index in [9.17, 15) is 9.59 Å². The number of anilines is 1. The van der Waals surface area contributed by atoms with Crippen molar-refractivity contribution in [1.82, 2.24) is 9.80 Å². The van der Waals surface area contributed by atoms with Gasteiger partial charge in [-0.3, -0.25) is 9.59 Å². The first-order valence-corrected chi connectivity index (χ1v) is 7.79. The van der Waals surface area contributed by atoms with Gasteiger partial charge < -0.3 is 15.1 Å². The minimum Gasteiger partial charge on any atom is -0.334 e. The smallest absolute Gasteiger partial charge is 0.313 e. The molecule has 0 spiro atoms. The number of hydrogen-bond acceptors (Lipinski definition) is 3. The van der Waals surface area contributed by atoms with Crippen LogP contribution in [0.15, 0.2) is 18.2 Å². The van der Waals surface area contributed by atoms with Gasteiger partial charge in [0.1, 0.15) is 0 Å². The lowest BCUT2D eigenvalue weighted by Crippen LogP contribution is -2.47. The van der Waals surface area contributed by atoms with Crippen LogP contribution in [0, 0.1) is 6.92 Å². The molecule has 0 saturated carbocycles. The number of nitrogens with one attached hydrogen (secondary N) is 1. The summed E-state index contributed by atoms with van der Waals surface area (Å²) in [6.45, 7) is 3.77. The molecule has 0 bridgehead atoms. The number of halogens is 1. The average Bonchev–Trinajstić information content (AvgIpc) is 2.50. The highest BCUT2D eigenvalue weighted by Crippen LogP contribution is 2.20. The third-order valence-electron chi connectivity index (χ3n) is 4.18. The van der Waals surface area contributed by atoms with E-state index in [-0.39, 0.29) is 6.04 Å². The third kappa shape index (κ3) is 3.99. The molecule has 1 aliphatic heterocycles. The molecule has 0 unspecified atom stereocenters. The lowest BCUT2D eigenvalue weighted by Gasteiger charge is -2.34. The molecule has 0 aliphatic carbocycles. The molecule has 0 radical (unpaired) electrons. The van der Waals surface area contributed by atoms with Crippen molar-refractivity contribution in [2.24, 2.45) is 0 Å². The summed E-state index contributed by atoms with van der Waals surface area (Å²) in [5.74, 6) is -1.13. The third-order valence-corrected chi connectivity index (χ3v) is 4.59. The maximum absolute atomic E-state index is 12.2. The molecule has 22 heavy (non-hydrogen) atoms. The summed E-state index contributed by atoms with van der Waals surface area (Å²) in [7, 11) is 3.76. The number of likely N-dealkylation sites (tertiary alicyclic amines) is 1. The van der Waals surface area contributed by atoms with Crippen molar-refractivity contribution in [2.45, 2.75) is 25.8 Å². The Hall–Kier alpha value is -1.59. The topological polar surface area (TPSA) is 52.7 Å². The second-order valence-corrected chi connectivity index (χ2v) is 6.28. The number of carbonyl (C=O) groups excluding carboxylic acids is 2. The van der Waals surface area contributed by atoms with Crippen LogP contribution in [-0.4, -0.2) is 54.8 Å². The predicted molar refractivity (Wildman–Crippen MR) is 88.1 cm³/mol. The predicted octanol–water partition coefficient (Wildman–Crippen LogP) is 2.14. The minimum atomic E-state index is -0.624. The van der Waals surface area contributed by atoms with Gasteiger partial charge in [0.25, 0.3) is 0 Å². The highest BCUT2D eigenvalue weighted by molar-refractivity contribution is 6.39. The van der Waals surface area contributed by atoms with Crippen molar-refractivity contribution < 1.29 is 9.59 Å². The first-order chi connectivity index (χ1) is 10.4. The zero-order chi connectivity index (χ0) is 16.3.